The summed E-state index contributed by atoms with van der Waals surface area (Å²) < 4.78 is 26.2. The molecule has 2 unspecified atom stereocenters. The molecule has 1 saturated heterocycles. The van der Waals surface area contributed by atoms with Crippen molar-refractivity contribution in [1.82, 2.24) is 0 Å². The van der Waals surface area contributed by atoms with E-state index >= 15 is 0 Å². The molecule has 3 rings (SSSR count). The van der Waals surface area contributed by atoms with Crippen molar-refractivity contribution in [3.63, 3.8) is 0 Å². The lowest BCUT2D eigenvalue weighted by atomic mass is 10.1. The Hall–Kier alpha value is -0.830. The Morgan fingerprint density at radius 3 is 2.56 bits per heavy atom. The van der Waals surface area contributed by atoms with E-state index in [1.165, 1.54) is 0 Å². The molecular formula is C14H16ClF2N. The molecule has 0 N–H and O–H groups in total. The SMILES string of the molecule is CCCc1ccc(N2CC3C(C2)C3(F)F)cc1Cl. The van der Waals surface area contributed by atoms with Crippen LogP contribution in [-0.2, 0) is 6.42 Å². The van der Waals surface area contributed by atoms with E-state index in [0.717, 1.165) is 29.1 Å². The van der Waals surface area contributed by atoms with Crippen molar-refractivity contribution in [2.75, 3.05) is 18.0 Å². The van der Waals surface area contributed by atoms with Crippen molar-refractivity contribution in [2.45, 2.75) is 25.7 Å². The Labute approximate surface area is 111 Å². The minimum Gasteiger partial charge on any atom is -0.370 e. The Balaban J connectivity index is 1.73. The van der Waals surface area contributed by atoms with Crippen molar-refractivity contribution in [2.24, 2.45) is 11.8 Å². The molecule has 1 aliphatic carbocycles. The van der Waals surface area contributed by atoms with Crippen LogP contribution in [0.1, 0.15) is 18.9 Å². The van der Waals surface area contributed by atoms with E-state index in [1.54, 1.807) is 0 Å². The van der Waals surface area contributed by atoms with E-state index in [4.69, 9.17) is 11.6 Å². The highest BCUT2D eigenvalue weighted by atomic mass is 35.5. The van der Waals surface area contributed by atoms with E-state index < -0.39 is 17.8 Å². The van der Waals surface area contributed by atoms with Crippen LogP contribution in [0.4, 0.5) is 14.5 Å². The van der Waals surface area contributed by atoms with Gasteiger partial charge in [0.25, 0.3) is 5.92 Å². The lowest BCUT2D eigenvalue weighted by molar-refractivity contribution is 0.0798. The van der Waals surface area contributed by atoms with Crippen LogP contribution in [0.2, 0.25) is 5.02 Å². The highest BCUT2D eigenvalue weighted by molar-refractivity contribution is 6.31. The van der Waals surface area contributed by atoms with Crippen LogP contribution in [0.5, 0.6) is 0 Å². The normalized spacial score (nSPS) is 28.3. The number of rotatable bonds is 3. The molecule has 1 aromatic carbocycles. The number of halogens is 3. The van der Waals surface area contributed by atoms with Crippen LogP contribution in [0.15, 0.2) is 18.2 Å². The fraction of sp³-hybridized carbons (Fsp3) is 0.571. The van der Waals surface area contributed by atoms with Crippen molar-refractivity contribution in [1.29, 1.82) is 0 Å². The van der Waals surface area contributed by atoms with Gasteiger partial charge in [-0.25, -0.2) is 8.78 Å². The number of alkyl halides is 2. The molecule has 4 heteroatoms. The Bertz CT molecular complexity index is 461. The molecule has 2 aliphatic rings. The summed E-state index contributed by atoms with van der Waals surface area (Å²) in [4.78, 5) is 2.02. The van der Waals surface area contributed by atoms with Crippen LogP contribution in [0, 0.1) is 11.8 Å². The molecule has 18 heavy (non-hydrogen) atoms. The van der Waals surface area contributed by atoms with Gasteiger partial charge in [-0.3, -0.25) is 0 Å². The Kier molecular flexibility index (Phi) is 2.77. The highest BCUT2D eigenvalue weighted by Gasteiger charge is 2.71. The van der Waals surface area contributed by atoms with Crippen molar-refractivity contribution < 1.29 is 8.78 Å². The van der Waals surface area contributed by atoms with E-state index in [1.807, 2.05) is 23.1 Å². The van der Waals surface area contributed by atoms with Gasteiger partial charge in [0.15, 0.2) is 0 Å². The zero-order valence-corrected chi connectivity index (χ0v) is 11.1. The molecule has 0 radical (unpaired) electrons. The van der Waals surface area contributed by atoms with Gasteiger partial charge in [0.05, 0.1) is 11.8 Å². The molecule has 0 aromatic heterocycles. The van der Waals surface area contributed by atoms with Crippen LogP contribution >= 0.6 is 11.6 Å². The molecular weight excluding hydrogens is 256 g/mol. The third-order valence-electron chi connectivity index (χ3n) is 4.12. The van der Waals surface area contributed by atoms with Crippen LogP contribution in [0.25, 0.3) is 0 Å². The van der Waals surface area contributed by atoms with E-state index in [9.17, 15) is 8.78 Å². The minimum atomic E-state index is -2.41. The van der Waals surface area contributed by atoms with Crippen LogP contribution in [-0.4, -0.2) is 19.0 Å². The van der Waals surface area contributed by atoms with E-state index in [0.29, 0.717) is 13.1 Å². The number of nitrogens with zero attached hydrogens (tertiary/aromatic N) is 1. The summed E-state index contributed by atoms with van der Waals surface area (Å²) >= 11 is 6.22. The molecule has 98 valence electrons. The maximum atomic E-state index is 13.1. The molecule has 1 heterocycles. The standard InChI is InChI=1S/C14H16ClF2N/c1-2-3-9-4-5-10(6-13(9)15)18-7-11-12(8-18)14(11,16)17/h4-6,11-12H,2-3,7-8H2,1H3. The number of anilines is 1. The van der Waals surface area contributed by atoms with Gasteiger partial charge in [-0.1, -0.05) is 31.0 Å². The molecule has 0 bridgehead atoms. The molecule has 0 amide bonds. The van der Waals surface area contributed by atoms with Gasteiger partial charge >= 0.3 is 0 Å². The number of benzene rings is 1. The largest absolute Gasteiger partial charge is 0.370 e. The lowest BCUT2D eigenvalue weighted by Crippen LogP contribution is -2.27. The highest BCUT2D eigenvalue weighted by Crippen LogP contribution is 2.59. The summed E-state index contributed by atoms with van der Waals surface area (Å²) in [7, 11) is 0. The predicted octanol–water partition coefficient (Wildman–Crippen LogP) is 3.99. The molecule has 1 saturated carbocycles. The monoisotopic (exact) mass is 271 g/mol. The zero-order chi connectivity index (χ0) is 12.9. The predicted molar refractivity (Wildman–Crippen MR) is 69.6 cm³/mol. The van der Waals surface area contributed by atoms with Crippen molar-refractivity contribution >= 4 is 17.3 Å². The van der Waals surface area contributed by atoms with Gasteiger partial charge in [-0.05, 0) is 24.1 Å². The maximum absolute atomic E-state index is 13.1. The first-order valence-corrected chi connectivity index (χ1v) is 6.83. The number of aryl methyl sites for hydroxylation is 1. The first kappa shape index (κ1) is 12.2. The van der Waals surface area contributed by atoms with Gasteiger partial charge in [0, 0.05) is 23.8 Å². The molecule has 1 aliphatic heterocycles. The average Bonchev–Trinajstić information content (AvgIpc) is 2.73. The minimum absolute atomic E-state index is 0.438. The van der Waals surface area contributed by atoms with Gasteiger partial charge in [-0.2, -0.15) is 0 Å². The van der Waals surface area contributed by atoms with Gasteiger partial charge < -0.3 is 4.90 Å². The zero-order valence-electron chi connectivity index (χ0n) is 10.3. The summed E-state index contributed by atoms with van der Waals surface area (Å²) in [5, 5.41) is 0.752. The molecule has 1 nitrogen and oxygen atoms in total. The van der Waals surface area contributed by atoms with Crippen molar-refractivity contribution in [3.8, 4) is 0 Å². The Morgan fingerprint density at radius 1 is 1.33 bits per heavy atom. The van der Waals surface area contributed by atoms with Crippen molar-refractivity contribution in [3.05, 3.63) is 28.8 Å². The molecule has 2 fully saturated rings. The quantitative estimate of drug-likeness (QED) is 0.803. The van der Waals surface area contributed by atoms with Crippen LogP contribution < -0.4 is 4.90 Å². The summed E-state index contributed by atoms with van der Waals surface area (Å²) in [6.45, 7) is 3.03. The van der Waals surface area contributed by atoms with Gasteiger partial charge in [0.1, 0.15) is 0 Å². The fourth-order valence-electron chi connectivity index (χ4n) is 2.92. The molecule has 2 atom stereocenters. The second-order valence-electron chi connectivity index (χ2n) is 5.32. The average molecular weight is 272 g/mol. The topological polar surface area (TPSA) is 3.24 Å². The number of fused-ring (bicyclic) bond motifs is 1. The van der Waals surface area contributed by atoms with Crippen LogP contribution in [0.3, 0.4) is 0 Å². The number of hydrogen-bond acceptors (Lipinski definition) is 1. The second-order valence-corrected chi connectivity index (χ2v) is 5.73. The summed E-state index contributed by atoms with van der Waals surface area (Å²) in [5.41, 5.74) is 2.11. The number of hydrogen-bond donors (Lipinski definition) is 0. The maximum Gasteiger partial charge on any atom is 0.258 e. The molecule has 1 aromatic rings. The Morgan fingerprint density at radius 2 is 2.00 bits per heavy atom. The third-order valence-corrected chi connectivity index (χ3v) is 4.47. The summed E-state index contributed by atoms with van der Waals surface area (Å²) in [5.74, 6) is -3.29. The first-order valence-electron chi connectivity index (χ1n) is 6.45. The first-order chi connectivity index (χ1) is 8.54. The third kappa shape index (κ3) is 1.80. The summed E-state index contributed by atoms with van der Waals surface area (Å²) in [6.07, 6.45) is 2.02. The smallest absolute Gasteiger partial charge is 0.258 e. The van der Waals surface area contributed by atoms with E-state index in [2.05, 4.69) is 6.92 Å². The van der Waals surface area contributed by atoms with Gasteiger partial charge in [0.2, 0.25) is 0 Å². The second kappa shape index (κ2) is 4.09. The molecule has 0 spiro atoms. The lowest BCUT2D eigenvalue weighted by Gasteiger charge is -2.22. The fourth-order valence-corrected chi connectivity index (χ4v) is 3.19. The van der Waals surface area contributed by atoms with Gasteiger partial charge in [-0.15, -0.1) is 0 Å². The number of piperidine rings is 1. The summed E-state index contributed by atoms with van der Waals surface area (Å²) in [6, 6.07) is 5.93. The van der Waals surface area contributed by atoms with E-state index in [-0.39, 0.29) is 0 Å².